The summed E-state index contributed by atoms with van der Waals surface area (Å²) in [6.45, 7) is 14.4. The van der Waals surface area contributed by atoms with E-state index >= 15 is 0 Å². The van der Waals surface area contributed by atoms with Crippen LogP contribution in [0.4, 0.5) is 0 Å². The summed E-state index contributed by atoms with van der Waals surface area (Å²) in [7, 11) is 2.86. The minimum Gasteiger partial charge on any atom is -0.426 e. The maximum absolute atomic E-state index is 11.8. The predicted molar refractivity (Wildman–Crippen MR) is 158 cm³/mol. The third-order valence-corrected chi connectivity index (χ3v) is 5.98. The van der Waals surface area contributed by atoms with Crippen LogP contribution in [0.1, 0.15) is 41.5 Å². The minimum absolute atomic E-state index is 0. The van der Waals surface area contributed by atoms with E-state index in [4.69, 9.17) is 10.0 Å². The summed E-state index contributed by atoms with van der Waals surface area (Å²) in [5.41, 5.74) is 0. The molecule has 0 saturated carbocycles. The van der Waals surface area contributed by atoms with Crippen LogP contribution in [0.15, 0.2) is 0 Å². The molecule has 0 radical (unpaired) electrons. The lowest BCUT2D eigenvalue weighted by atomic mass is 9.49. The molecule has 0 aromatic rings. The zero-order valence-corrected chi connectivity index (χ0v) is 26.3. The Labute approximate surface area is 231 Å². The van der Waals surface area contributed by atoms with Crippen LogP contribution in [-0.2, 0) is 19.2 Å². The van der Waals surface area contributed by atoms with Gasteiger partial charge in [-0.05, 0) is 34.6 Å². The zero-order valence-electron chi connectivity index (χ0n) is 21.7. The molecule has 35 heavy (non-hydrogen) atoms. The Bertz CT molecular complexity index is 617. The van der Waals surface area contributed by atoms with Crippen LogP contribution in [0.5, 0.6) is 0 Å². The Morgan fingerprint density at radius 3 is 1.14 bits per heavy atom. The molecule has 0 aromatic carbocycles. The Hall–Kier alpha value is -0.560. The lowest BCUT2D eigenvalue weighted by Crippen LogP contribution is -2.53. The van der Waals surface area contributed by atoms with Gasteiger partial charge in [-0.25, -0.2) is 0 Å². The summed E-state index contributed by atoms with van der Waals surface area (Å²) in [5.74, 6) is -1.84. The fourth-order valence-electron chi connectivity index (χ4n) is 1.90. The fraction of sp³-hybridized carbons (Fsp3) is 0.778. The molecule has 17 heteroatoms. The second-order valence-corrected chi connectivity index (χ2v) is 9.16. The largest absolute Gasteiger partial charge is 0.475 e. The second kappa shape index (κ2) is 20.5. The van der Waals surface area contributed by atoms with Crippen molar-refractivity contribution in [3.05, 3.63) is 0 Å². The van der Waals surface area contributed by atoms with Gasteiger partial charge in [0.2, 0.25) is 23.6 Å². The van der Waals surface area contributed by atoms with Gasteiger partial charge < -0.3 is 31.3 Å². The topological polar surface area (TPSA) is 181 Å². The highest BCUT2D eigenvalue weighted by atomic mass is 127. The molecule has 6 unspecified atom stereocenters. The molecule has 0 aliphatic carbocycles. The number of carbonyl (C=O) groups excluding carboxylic acids is 4. The zero-order chi connectivity index (χ0) is 27.2. The molecule has 0 heterocycles. The first-order chi connectivity index (χ1) is 15.6. The number of halogens is 1. The van der Waals surface area contributed by atoms with Crippen LogP contribution in [0, 0.1) is 0 Å². The molecule has 12 nitrogen and oxygen atoms in total. The summed E-state index contributed by atoms with van der Waals surface area (Å²) in [5, 5.41) is 33.4. The Balaban J connectivity index is -0.000000569. The van der Waals surface area contributed by atoms with E-state index in [1.807, 2.05) is 20.6 Å². The third kappa shape index (κ3) is 17.5. The van der Waals surface area contributed by atoms with Crippen molar-refractivity contribution in [3.63, 3.8) is 0 Å². The number of amides is 4. The molecule has 0 aliphatic heterocycles. The first-order valence-corrected chi connectivity index (χ1v) is 12.2. The van der Waals surface area contributed by atoms with Gasteiger partial charge in [0.1, 0.15) is 12.1 Å². The van der Waals surface area contributed by atoms with E-state index < -0.39 is 37.1 Å². The number of nitrogens with one attached hydrogen (secondary N) is 6. The summed E-state index contributed by atoms with van der Waals surface area (Å²) >= 11 is 0. The molecule has 8 N–H and O–H groups in total. The standard InChI is InChI=1S/C10H23BN3O2P.C8H19BN3O4P.HI/c1-6(12-10(16)7(2)14-17)9(15)13-8(3)11(4)5;1-4(10-8(14)5(2)12-17)7(13)11-6(3)9(15)16;/h6-8,14H,17H2,1-5H3,(H,12,16)(H,13,15);4-6,12,15-16H,17H2,1-3H3,(H,10,14)(H,11,13);1H/t6?,7?,8-;4?,5?,6-;/m00./s1. The smallest absolute Gasteiger partial charge is 0.426 e. The third-order valence-electron chi connectivity index (χ3n) is 4.98. The Morgan fingerprint density at radius 1 is 0.600 bits per heavy atom. The SMILES string of the molecule is CB(C)[C@H](C)NC(=O)C(C)NC(=O)C(C)NP.CC(NP)C(=O)NC(C)C(=O)N[C@@H](C)B(O)O.I. The molecular formula is C18H43B2IN6O6P2. The predicted octanol–water partition coefficient (Wildman–Crippen LogP) is -1.55. The molecule has 204 valence electrons. The van der Waals surface area contributed by atoms with Gasteiger partial charge in [-0.3, -0.25) is 29.4 Å². The van der Waals surface area contributed by atoms with Crippen molar-refractivity contribution in [2.75, 3.05) is 0 Å². The van der Waals surface area contributed by atoms with E-state index in [0.717, 1.165) is 0 Å². The van der Waals surface area contributed by atoms with Crippen molar-refractivity contribution in [2.24, 2.45) is 0 Å². The van der Waals surface area contributed by atoms with E-state index in [-0.39, 0.29) is 53.7 Å². The van der Waals surface area contributed by atoms with Gasteiger partial charge in [-0.1, -0.05) is 39.4 Å². The Morgan fingerprint density at radius 2 is 0.886 bits per heavy atom. The van der Waals surface area contributed by atoms with E-state index in [0.29, 0.717) is 6.71 Å². The van der Waals surface area contributed by atoms with E-state index in [1.165, 1.54) is 13.8 Å². The Kier molecular flexibility index (Phi) is 22.8. The van der Waals surface area contributed by atoms with Crippen LogP contribution in [0.3, 0.4) is 0 Å². The summed E-state index contributed by atoms with van der Waals surface area (Å²) in [6, 6.07) is -2.04. The summed E-state index contributed by atoms with van der Waals surface area (Å²) < 4.78 is 0. The first-order valence-electron chi connectivity index (χ1n) is 11.1. The van der Waals surface area contributed by atoms with Gasteiger partial charge in [-0.2, -0.15) is 0 Å². The maximum Gasteiger partial charge on any atom is 0.475 e. The summed E-state index contributed by atoms with van der Waals surface area (Å²) in [4.78, 5) is 46.3. The second-order valence-electron chi connectivity index (χ2n) is 8.49. The van der Waals surface area contributed by atoms with Crippen LogP contribution >= 0.6 is 42.8 Å². The molecule has 0 bridgehead atoms. The van der Waals surface area contributed by atoms with Gasteiger partial charge in [0, 0.05) is 5.94 Å². The highest BCUT2D eigenvalue weighted by Gasteiger charge is 2.24. The molecule has 0 saturated heterocycles. The van der Waals surface area contributed by atoms with Crippen molar-refractivity contribution in [1.29, 1.82) is 0 Å². The van der Waals surface area contributed by atoms with E-state index in [1.54, 1.807) is 20.8 Å². The molecule has 0 spiro atoms. The molecule has 0 fully saturated rings. The van der Waals surface area contributed by atoms with Crippen molar-refractivity contribution >= 4 is 80.2 Å². The lowest BCUT2D eigenvalue weighted by Gasteiger charge is -2.21. The van der Waals surface area contributed by atoms with Gasteiger partial charge in [0.15, 0.2) is 6.71 Å². The van der Waals surface area contributed by atoms with Gasteiger partial charge >= 0.3 is 7.12 Å². The van der Waals surface area contributed by atoms with Crippen molar-refractivity contribution < 1.29 is 29.2 Å². The molecule has 0 rings (SSSR count). The normalized spacial score (nSPS) is 15.2. The monoisotopic (exact) mass is 650 g/mol. The number of hydrogen-bond donors (Lipinski definition) is 8. The van der Waals surface area contributed by atoms with Crippen LogP contribution in [0.25, 0.3) is 0 Å². The average molecular weight is 650 g/mol. The quantitative estimate of drug-likeness (QED) is 0.0711. The van der Waals surface area contributed by atoms with E-state index in [2.05, 4.69) is 50.2 Å². The maximum atomic E-state index is 11.8. The molecule has 0 aromatic heterocycles. The van der Waals surface area contributed by atoms with Crippen molar-refractivity contribution in [1.82, 2.24) is 31.4 Å². The highest BCUT2D eigenvalue weighted by molar-refractivity contribution is 14.0. The number of carbonyl (C=O) groups is 4. The molecule has 4 amide bonds. The van der Waals surface area contributed by atoms with Gasteiger partial charge in [-0.15, -0.1) is 24.0 Å². The molecule has 8 atom stereocenters. The van der Waals surface area contributed by atoms with Crippen LogP contribution < -0.4 is 31.4 Å². The van der Waals surface area contributed by atoms with Crippen molar-refractivity contribution in [3.8, 4) is 0 Å². The van der Waals surface area contributed by atoms with E-state index in [9.17, 15) is 19.2 Å². The fourth-order valence-corrected chi connectivity index (χ4v) is 2.20. The minimum atomic E-state index is -1.63. The lowest BCUT2D eigenvalue weighted by molar-refractivity contribution is -0.129. The average Bonchev–Trinajstić information content (AvgIpc) is 2.77. The highest BCUT2D eigenvalue weighted by Crippen LogP contribution is 1.94. The molecular weight excluding hydrogens is 607 g/mol. The number of hydrogen-bond acceptors (Lipinski definition) is 8. The molecule has 0 aliphatic rings. The van der Waals surface area contributed by atoms with Gasteiger partial charge in [0.25, 0.3) is 0 Å². The van der Waals surface area contributed by atoms with Crippen LogP contribution in [-0.4, -0.2) is 83.6 Å². The van der Waals surface area contributed by atoms with Crippen molar-refractivity contribution in [2.45, 2.75) is 91.2 Å². The number of rotatable bonds is 12. The van der Waals surface area contributed by atoms with Crippen LogP contribution in [0.2, 0.25) is 13.6 Å². The summed E-state index contributed by atoms with van der Waals surface area (Å²) in [6.07, 6.45) is 0. The first kappa shape index (κ1) is 39.0. The van der Waals surface area contributed by atoms with Gasteiger partial charge in [0.05, 0.1) is 18.0 Å².